The maximum Gasteiger partial charge on any atom is 0.316 e. The molecule has 1 fully saturated rings. The third-order valence-electron chi connectivity index (χ3n) is 2.07. The number of methoxy groups -OCH3 is 1. The first kappa shape index (κ1) is 9.32. The Kier molecular flexibility index (Phi) is 3.87. The Bertz CT molecular complexity index is 144. The number of hydrogen-bond acceptors (Lipinski definition) is 2. The van der Waals surface area contributed by atoms with Gasteiger partial charge in [-0.25, -0.2) is 4.79 Å². The third-order valence-corrected chi connectivity index (χ3v) is 2.07. The first-order valence-electron chi connectivity index (χ1n) is 4.36. The van der Waals surface area contributed by atoms with Crippen LogP contribution in [0.5, 0.6) is 0 Å². The van der Waals surface area contributed by atoms with Gasteiger partial charge in [0.2, 0.25) is 0 Å². The summed E-state index contributed by atoms with van der Waals surface area (Å²) in [7, 11) is 1.55. The van der Waals surface area contributed by atoms with Gasteiger partial charge in [0.05, 0.1) is 0 Å². The van der Waals surface area contributed by atoms with E-state index in [2.05, 4.69) is 10.6 Å². The second-order valence-corrected chi connectivity index (χ2v) is 3.06. The van der Waals surface area contributed by atoms with Crippen molar-refractivity contribution in [1.82, 2.24) is 10.6 Å². The van der Waals surface area contributed by atoms with Crippen LogP contribution in [-0.2, 0) is 4.74 Å². The zero-order valence-corrected chi connectivity index (χ0v) is 7.43. The highest BCUT2D eigenvalue weighted by Crippen LogP contribution is 2.17. The lowest BCUT2D eigenvalue weighted by atomic mass is 10.3. The molecule has 2 amide bonds. The maximum absolute atomic E-state index is 11.1. The number of nitrogens with one attached hydrogen (secondary N) is 2. The highest BCUT2D eigenvalue weighted by Gasteiger charge is 2.16. The molecule has 0 aliphatic heterocycles. The van der Waals surface area contributed by atoms with Crippen LogP contribution in [0.15, 0.2) is 0 Å². The molecule has 4 heteroatoms. The molecular formula is C8H16N2O2. The molecular weight excluding hydrogens is 156 g/mol. The average molecular weight is 172 g/mol. The molecule has 0 bridgehead atoms. The van der Waals surface area contributed by atoms with Gasteiger partial charge < -0.3 is 15.4 Å². The largest absolute Gasteiger partial charge is 0.364 e. The number of carbonyl (C=O) groups is 1. The molecule has 0 heterocycles. The van der Waals surface area contributed by atoms with Crippen molar-refractivity contribution < 1.29 is 9.53 Å². The number of amides is 2. The summed E-state index contributed by atoms with van der Waals surface area (Å²) in [4.78, 5) is 11.1. The molecule has 0 aromatic carbocycles. The molecule has 1 aliphatic rings. The Morgan fingerprint density at radius 3 is 2.75 bits per heavy atom. The molecule has 1 rings (SSSR count). The highest BCUT2D eigenvalue weighted by molar-refractivity contribution is 5.74. The summed E-state index contributed by atoms with van der Waals surface area (Å²) in [6.07, 6.45) is 4.69. The zero-order chi connectivity index (χ0) is 8.81. The molecule has 1 aliphatic carbocycles. The zero-order valence-electron chi connectivity index (χ0n) is 7.43. The summed E-state index contributed by atoms with van der Waals surface area (Å²) >= 11 is 0. The van der Waals surface area contributed by atoms with Crippen LogP contribution in [-0.4, -0.2) is 25.9 Å². The van der Waals surface area contributed by atoms with Crippen molar-refractivity contribution >= 4 is 6.03 Å². The van der Waals surface area contributed by atoms with E-state index in [0.29, 0.717) is 6.04 Å². The van der Waals surface area contributed by atoms with Gasteiger partial charge in [-0.15, -0.1) is 0 Å². The fourth-order valence-electron chi connectivity index (χ4n) is 1.44. The van der Waals surface area contributed by atoms with Crippen LogP contribution in [0.25, 0.3) is 0 Å². The smallest absolute Gasteiger partial charge is 0.316 e. The molecule has 0 unspecified atom stereocenters. The second kappa shape index (κ2) is 4.98. The monoisotopic (exact) mass is 172 g/mol. The first-order chi connectivity index (χ1) is 5.83. The molecule has 0 spiro atoms. The second-order valence-electron chi connectivity index (χ2n) is 3.06. The van der Waals surface area contributed by atoms with Crippen molar-refractivity contribution in [3.63, 3.8) is 0 Å². The predicted octanol–water partition coefficient (Wildman–Crippen LogP) is 0.832. The van der Waals surface area contributed by atoms with Crippen molar-refractivity contribution in [2.24, 2.45) is 0 Å². The molecule has 2 N–H and O–H groups in total. The fraction of sp³-hybridized carbons (Fsp3) is 0.875. The van der Waals surface area contributed by atoms with Crippen LogP contribution in [0, 0.1) is 0 Å². The van der Waals surface area contributed by atoms with Gasteiger partial charge in [0, 0.05) is 13.2 Å². The Balaban J connectivity index is 2.08. The predicted molar refractivity (Wildman–Crippen MR) is 45.8 cm³/mol. The van der Waals surface area contributed by atoms with E-state index in [1.807, 2.05) is 0 Å². The molecule has 0 aromatic rings. The van der Waals surface area contributed by atoms with Crippen molar-refractivity contribution in [2.75, 3.05) is 13.8 Å². The van der Waals surface area contributed by atoms with Crippen LogP contribution in [0.1, 0.15) is 25.7 Å². The SMILES string of the molecule is COCNC(=O)NC1CCCC1. The third kappa shape index (κ3) is 3.09. The van der Waals surface area contributed by atoms with E-state index in [0.717, 1.165) is 12.8 Å². The van der Waals surface area contributed by atoms with E-state index >= 15 is 0 Å². The van der Waals surface area contributed by atoms with Crippen LogP contribution in [0.4, 0.5) is 4.79 Å². The van der Waals surface area contributed by atoms with E-state index in [4.69, 9.17) is 4.74 Å². The van der Waals surface area contributed by atoms with E-state index in [9.17, 15) is 4.79 Å². The minimum absolute atomic E-state index is 0.122. The van der Waals surface area contributed by atoms with Gasteiger partial charge in [0.15, 0.2) is 0 Å². The van der Waals surface area contributed by atoms with E-state index in [-0.39, 0.29) is 12.8 Å². The van der Waals surface area contributed by atoms with Gasteiger partial charge in [-0.2, -0.15) is 0 Å². The Morgan fingerprint density at radius 1 is 1.50 bits per heavy atom. The molecule has 0 atom stereocenters. The highest BCUT2D eigenvalue weighted by atomic mass is 16.5. The van der Waals surface area contributed by atoms with Crippen LogP contribution in [0.3, 0.4) is 0 Å². The van der Waals surface area contributed by atoms with E-state index in [1.54, 1.807) is 7.11 Å². The van der Waals surface area contributed by atoms with E-state index in [1.165, 1.54) is 12.8 Å². The maximum atomic E-state index is 11.1. The molecule has 1 saturated carbocycles. The molecule has 4 nitrogen and oxygen atoms in total. The quantitative estimate of drug-likeness (QED) is 0.619. The van der Waals surface area contributed by atoms with Gasteiger partial charge in [-0.1, -0.05) is 12.8 Å². The lowest BCUT2D eigenvalue weighted by Gasteiger charge is -2.11. The number of hydrogen-bond donors (Lipinski definition) is 2. The standard InChI is InChI=1S/C8H16N2O2/c1-12-6-9-8(11)10-7-4-2-3-5-7/h7H,2-6H2,1H3,(H2,9,10,11). The number of ether oxygens (including phenoxy) is 1. The fourth-order valence-corrected chi connectivity index (χ4v) is 1.44. The normalized spacial score (nSPS) is 17.8. The van der Waals surface area contributed by atoms with Gasteiger partial charge in [0.1, 0.15) is 6.73 Å². The Hall–Kier alpha value is -0.770. The minimum atomic E-state index is -0.122. The summed E-state index contributed by atoms with van der Waals surface area (Å²) in [5.41, 5.74) is 0. The lowest BCUT2D eigenvalue weighted by Crippen LogP contribution is -2.41. The Morgan fingerprint density at radius 2 is 2.17 bits per heavy atom. The van der Waals surface area contributed by atoms with Crippen LogP contribution < -0.4 is 10.6 Å². The van der Waals surface area contributed by atoms with E-state index < -0.39 is 0 Å². The van der Waals surface area contributed by atoms with Crippen molar-refractivity contribution in [3.05, 3.63) is 0 Å². The summed E-state index contributed by atoms with van der Waals surface area (Å²) in [6.45, 7) is 0.276. The molecule has 0 aromatic heterocycles. The molecule has 0 saturated heterocycles. The minimum Gasteiger partial charge on any atom is -0.364 e. The molecule has 12 heavy (non-hydrogen) atoms. The van der Waals surface area contributed by atoms with Gasteiger partial charge in [-0.05, 0) is 12.8 Å². The van der Waals surface area contributed by atoms with Crippen LogP contribution >= 0.6 is 0 Å². The van der Waals surface area contributed by atoms with Crippen molar-refractivity contribution in [2.45, 2.75) is 31.7 Å². The topological polar surface area (TPSA) is 50.4 Å². The number of carbonyl (C=O) groups excluding carboxylic acids is 1. The summed E-state index contributed by atoms with van der Waals surface area (Å²) in [5, 5.41) is 5.47. The molecule has 70 valence electrons. The summed E-state index contributed by atoms with van der Waals surface area (Å²) < 4.78 is 4.71. The van der Waals surface area contributed by atoms with Gasteiger partial charge >= 0.3 is 6.03 Å². The van der Waals surface area contributed by atoms with Crippen molar-refractivity contribution in [1.29, 1.82) is 0 Å². The summed E-state index contributed by atoms with van der Waals surface area (Å²) in [5.74, 6) is 0. The summed E-state index contributed by atoms with van der Waals surface area (Å²) in [6, 6.07) is 0.255. The van der Waals surface area contributed by atoms with Gasteiger partial charge in [-0.3, -0.25) is 0 Å². The van der Waals surface area contributed by atoms with Gasteiger partial charge in [0.25, 0.3) is 0 Å². The van der Waals surface area contributed by atoms with Crippen molar-refractivity contribution in [3.8, 4) is 0 Å². The first-order valence-corrected chi connectivity index (χ1v) is 4.36. The van der Waals surface area contributed by atoms with Crippen LogP contribution in [0.2, 0.25) is 0 Å². The number of rotatable bonds is 3. The average Bonchev–Trinajstić information content (AvgIpc) is 2.53. The lowest BCUT2D eigenvalue weighted by molar-refractivity contribution is 0.171. The molecule has 0 radical (unpaired) electrons. The number of urea groups is 1. The Labute approximate surface area is 72.7 Å².